The number of nitrogens with one attached hydrogen (secondary N) is 4. The first-order chi connectivity index (χ1) is 14.2. The van der Waals surface area contributed by atoms with E-state index in [9.17, 15) is 4.79 Å². The van der Waals surface area contributed by atoms with Gasteiger partial charge in [-0.1, -0.05) is 17.7 Å². The van der Waals surface area contributed by atoms with Gasteiger partial charge in [-0.15, -0.1) is 0 Å². The molecule has 1 amide bonds. The molecule has 0 saturated carbocycles. The molecule has 1 aromatic carbocycles. The van der Waals surface area contributed by atoms with Crippen LogP contribution in [0.25, 0.3) is 22.4 Å². The number of ether oxygens (including phenoxy) is 1. The number of amides is 1. The Morgan fingerprint density at radius 3 is 3.00 bits per heavy atom. The molecule has 0 unspecified atom stereocenters. The number of H-pyrrole nitrogens is 2. The van der Waals surface area contributed by atoms with Crippen LogP contribution >= 0.6 is 11.6 Å². The molecule has 0 fully saturated rings. The van der Waals surface area contributed by atoms with Crippen LogP contribution in [0.2, 0.25) is 5.02 Å². The van der Waals surface area contributed by atoms with E-state index in [2.05, 4.69) is 30.6 Å². The highest BCUT2D eigenvalue weighted by molar-refractivity contribution is 6.32. The number of aromatic nitrogens is 4. The largest absolute Gasteiger partial charge is 0.493 e. The summed E-state index contributed by atoms with van der Waals surface area (Å²) in [5, 5.41) is 7.59. The minimum atomic E-state index is -0.142. The third-order valence-corrected chi connectivity index (χ3v) is 5.28. The molecule has 8 nitrogen and oxygen atoms in total. The van der Waals surface area contributed by atoms with Gasteiger partial charge in [-0.2, -0.15) is 0 Å². The van der Waals surface area contributed by atoms with Crippen LogP contribution in [0, 0.1) is 0 Å². The molecule has 0 atom stereocenters. The van der Waals surface area contributed by atoms with Crippen LogP contribution in [0.3, 0.4) is 0 Å². The summed E-state index contributed by atoms with van der Waals surface area (Å²) in [5.74, 6) is 0.359. The number of halogens is 1. The lowest BCUT2D eigenvalue weighted by Crippen LogP contribution is -2.31. The average molecular weight is 409 g/mol. The predicted molar refractivity (Wildman–Crippen MR) is 111 cm³/mol. The number of hydrogen-bond donors (Lipinski definition) is 4. The Morgan fingerprint density at radius 1 is 1.24 bits per heavy atom. The van der Waals surface area contributed by atoms with Crippen molar-refractivity contribution >= 4 is 39.9 Å². The van der Waals surface area contributed by atoms with Gasteiger partial charge in [-0.25, -0.2) is 9.97 Å². The van der Waals surface area contributed by atoms with Gasteiger partial charge in [0.05, 0.1) is 34.8 Å². The van der Waals surface area contributed by atoms with Gasteiger partial charge in [0.2, 0.25) is 0 Å². The molecule has 146 valence electrons. The van der Waals surface area contributed by atoms with Gasteiger partial charge < -0.3 is 25.3 Å². The van der Waals surface area contributed by atoms with Crippen LogP contribution in [0.5, 0.6) is 5.75 Å². The number of aromatic amines is 2. The van der Waals surface area contributed by atoms with Crippen molar-refractivity contribution in [1.82, 2.24) is 25.3 Å². The molecular weight excluding hydrogens is 392 g/mol. The first-order valence-electron chi connectivity index (χ1n) is 9.08. The van der Waals surface area contributed by atoms with Gasteiger partial charge in [0.25, 0.3) is 5.91 Å². The lowest BCUT2D eigenvalue weighted by Gasteiger charge is -2.17. The number of rotatable bonds is 4. The third-order valence-electron chi connectivity index (χ3n) is 4.99. The van der Waals surface area contributed by atoms with E-state index < -0.39 is 0 Å². The Labute approximate surface area is 170 Å². The van der Waals surface area contributed by atoms with Gasteiger partial charge in [0, 0.05) is 30.2 Å². The molecule has 4 heterocycles. The highest BCUT2D eigenvalue weighted by Crippen LogP contribution is 2.41. The normalized spacial score (nSPS) is 13.2. The second kappa shape index (κ2) is 6.82. The van der Waals surface area contributed by atoms with Crippen molar-refractivity contribution in [3.05, 3.63) is 53.1 Å². The summed E-state index contributed by atoms with van der Waals surface area (Å²) in [6.07, 6.45) is 4.01. The number of para-hydroxylation sites is 1. The molecule has 9 heteroatoms. The topological polar surface area (TPSA) is 108 Å². The second-order valence-electron chi connectivity index (χ2n) is 6.64. The number of benzene rings is 1. The van der Waals surface area contributed by atoms with E-state index in [1.165, 1.54) is 6.33 Å². The zero-order valence-electron chi connectivity index (χ0n) is 15.5. The van der Waals surface area contributed by atoms with Crippen molar-refractivity contribution in [3.8, 4) is 17.1 Å². The van der Waals surface area contributed by atoms with Gasteiger partial charge in [-0.3, -0.25) is 4.79 Å². The third kappa shape index (κ3) is 2.80. The average Bonchev–Trinajstić information content (AvgIpc) is 3.34. The molecule has 1 aliphatic heterocycles. The van der Waals surface area contributed by atoms with E-state index in [-0.39, 0.29) is 5.91 Å². The Morgan fingerprint density at radius 2 is 2.14 bits per heavy atom. The summed E-state index contributed by atoms with van der Waals surface area (Å²) in [4.78, 5) is 28.0. The van der Waals surface area contributed by atoms with Gasteiger partial charge in [-0.05, 0) is 18.2 Å². The molecular formula is C20H17ClN6O2. The van der Waals surface area contributed by atoms with Gasteiger partial charge in [0.1, 0.15) is 17.7 Å². The maximum atomic E-state index is 12.7. The summed E-state index contributed by atoms with van der Waals surface area (Å²) in [6, 6.07) is 7.33. The Balaban J connectivity index is 1.74. The maximum Gasteiger partial charge on any atom is 0.255 e. The summed E-state index contributed by atoms with van der Waals surface area (Å²) in [7, 11) is 1.56. The number of nitrogens with zero attached hydrogens (tertiary/aromatic N) is 2. The van der Waals surface area contributed by atoms with E-state index in [4.69, 9.17) is 16.3 Å². The fraction of sp³-hybridized carbons (Fsp3) is 0.150. The van der Waals surface area contributed by atoms with E-state index >= 15 is 0 Å². The first kappa shape index (κ1) is 17.6. The predicted octanol–water partition coefficient (Wildman–Crippen LogP) is 3.64. The maximum absolute atomic E-state index is 12.7. The van der Waals surface area contributed by atoms with Gasteiger partial charge >= 0.3 is 0 Å². The lowest BCUT2D eigenvalue weighted by atomic mass is 10.1. The van der Waals surface area contributed by atoms with Crippen LogP contribution in [0.15, 0.2) is 36.8 Å². The van der Waals surface area contributed by atoms with Crippen LogP contribution < -0.4 is 15.4 Å². The summed E-state index contributed by atoms with van der Waals surface area (Å²) < 4.78 is 5.46. The lowest BCUT2D eigenvalue weighted by molar-refractivity contribution is 0.0947. The Hall–Kier alpha value is -3.52. The smallest absolute Gasteiger partial charge is 0.255 e. The van der Waals surface area contributed by atoms with Gasteiger partial charge in [0.15, 0.2) is 5.75 Å². The highest BCUT2D eigenvalue weighted by Gasteiger charge is 2.29. The second-order valence-corrected chi connectivity index (χ2v) is 7.05. The zero-order chi connectivity index (χ0) is 20.0. The summed E-state index contributed by atoms with van der Waals surface area (Å²) in [6.45, 7) is 0.578. The van der Waals surface area contributed by atoms with E-state index in [1.807, 2.05) is 24.4 Å². The summed E-state index contributed by atoms with van der Waals surface area (Å²) >= 11 is 6.29. The molecule has 4 N–H and O–H groups in total. The number of methoxy groups -OCH3 is 1. The van der Waals surface area contributed by atoms with Crippen molar-refractivity contribution in [3.63, 3.8) is 0 Å². The Kier molecular flexibility index (Phi) is 4.13. The van der Waals surface area contributed by atoms with Crippen molar-refractivity contribution in [2.45, 2.75) is 6.42 Å². The van der Waals surface area contributed by atoms with E-state index in [0.717, 1.165) is 16.7 Å². The number of fused-ring (bicyclic) bond motifs is 2. The van der Waals surface area contributed by atoms with E-state index in [1.54, 1.807) is 13.2 Å². The van der Waals surface area contributed by atoms with Crippen molar-refractivity contribution in [2.75, 3.05) is 19.0 Å². The van der Waals surface area contributed by atoms with Crippen molar-refractivity contribution in [1.29, 1.82) is 0 Å². The molecule has 1 aliphatic rings. The van der Waals surface area contributed by atoms with Crippen LogP contribution in [-0.2, 0) is 6.42 Å². The molecule has 0 radical (unpaired) electrons. The monoisotopic (exact) mass is 408 g/mol. The standard InChI is InChI=1S/C20H17ClN6O2/c1-29-18-11(21)3-2-4-13(18)27-16-14-12(6-8-23-20(14)28)26-17(16)15-10-5-7-22-19(10)25-9-24-15/h2-5,7,9,26-27H,6,8H2,1H3,(H,23,28)(H,22,24,25). The van der Waals surface area contributed by atoms with Crippen LogP contribution in [-0.4, -0.2) is 39.5 Å². The van der Waals surface area contributed by atoms with Crippen molar-refractivity contribution < 1.29 is 9.53 Å². The molecule has 0 saturated heterocycles. The van der Waals surface area contributed by atoms with Crippen LogP contribution in [0.4, 0.5) is 11.4 Å². The molecule has 0 spiro atoms. The quantitative estimate of drug-likeness (QED) is 0.412. The SMILES string of the molecule is COc1c(Cl)cccc1Nc1c(-c2ncnc3[nH]ccc23)[nH]c2c1C(=O)NCC2. The Bertz CT molecular complexity index is 1250. The molecule has 4 aromatic rings. The number of anilines is 2. The molecule has 0 aliphatic carbocycles. The minimum absolute atomic E-state index is 0.142. The highest BCUT2D eigenvalue weighted by atomic mass is 35.5. The van der Waals surface area contributed by atoms with Crippen molar-refractivity contribution in [2.24, 2.45) is 0 Å². The molecule has 3 aromatic heterocycles. The fourth-order valence-corrected chi connectivity index (χ4v) is 3.95. The fourth-order valence-electron chi connectivity index (χ4n) is 3.70. The van der Waals surface area contributed by atoms with Crippen LogP contribution in [0.1, 0.15) is 16.1 Å². The number of hydrogen-bond acceptors (Lipinski definition) is 5. The number of carbonyl (C=O) groups excluding carboxylic acids is 1. The molecule has 5 rings (SSSR count). The number of carbonyl (C=O) groups is 1. The first-order valence-corrected chi connectivity index (χ1v) is 9.46. The summed E-state index contributed by atoms with van der Waals surface area (Å²) in [5.41, 5.74) is 4.83. The zero-order valence-corrected chi connectivity index (χ0v) is 16.2. The molecule has 29 heavy (non-hydrogen) atoms. The van der Waals surface area contributed by atoms with E-state index in [0.29, 0.717) is 52.1 Å². The minimum Gasteiger partial charge on any atom is -0.493 e. The molecule has 0 bridgehead atoms.